The smallest absolute Gasteiger partial charge is 0.306 e. The van der Waals surface area contributed by atoms with Crippen LogP contribution >= 0.6 is 0 Å². The Morgan fingerprint density at radius 1 is 0.527 bits per heavy atom. The quantitative estimate of drug-likeness (QED) is 0.0263. The van der Waals surface area contributed by atoms with Gasteiger partial charge in [-0.15, -0.1) is 0 Å². The first-order chi connectivity index (χ1) is 26.6. The van der Waals surface area contributed by atoms with Gasteiger partial charge in [0.05, 0.1) is 40.3 Å². The minimum atomic E-state index is -1.12. The zero-order chi connectivity index (χ0) is 40.7. The number of likely N-dealkylation sites (N-methyl/N-ethyl adjacent to an activating group) is 1. The van der Waals surface area contributed by atoms with Gasteiger partial charge >= 0.3 is 11.9 Å². The van der Waals surface area contributed by atoms with Gasteiger partial charge in [-0.25, -0.2) is 0 Å². The van der Waals surface area contributed by atoms with Crippen LogP contribution in [0, 0.1) is 0 Å². The average Bonchev–Trinajstić information content (AvgIpc) is 3.14. The molecule has 0 saturated carbocycles. The minimum Gasteiger partial charge on any atom is -0.544 e. The molecule has 0 aliphatic carbocycles. The Bertz CT molecular complexity index is 915. The molecule has 0 rings (SSSR count). The normalized spacial score (nSPS) is 13.0. The monoisotopic (exact) mass is 780 g/mol. The number of unbranched alkanes of at least 4 members (excludes halogenated alkanes) is 26. The summed E-state index contributed by atoms with van der Waals surface area (Å²) < 4.78 is 17.1. The number of quaternary nitrogens is 1. The zero-order valence-electron chi connectivity index (χ0n) is 36.9. The number of carbonyl (C=O) groups is 3. The fourth-order valence-corrected chi connectivity index (χ4v) is 7.01. The molecule has 8 nitrogen and oxygen atoms in total. The second-order valence-electron chi connectivity index (χ2n) is 17.0. The summed E-state index contributed by atoms with van der Waals surface area (Å²) in [5.74, 6) is -1.73. The molecule has 2 unspecified atom stereocenters. The first-order valence-corrected chi connectivity index (χ1v) is 23.2. The van der Waals surface area contributed by atoms with Crippen molar-refractivity contribution in [3.8, 4) is 0 Å². The summed E-state index contributed by atoms with van der Waals surface area (Å²) >= 11 is 0. The first-order valence-electron chi connectivity index (χ1n) is 23.2. The highest BCUT2D eigenvalue weighted by Crippen LogP contribution is 2.15. The SMILES string of the molecule is CCCCCCCCCCCCCC/C=C/CCCCCCCCCC(=O)OCC(COCCC(C(=O)[O-])[N+](C)(C)C)OC(=O)CCCCCCCCCC. The standard InChI is InChI=1S/C47H89NO7/c1-6-8-10-12-14-16-17-18-19-20-21-22-23-24-25-26-27-28-29-30-32-33-35-37-45(49)54-42-43(41-53-40-39-44(47(51)52)48(3,4)5)55-46(50)38-36-34-31-15-13-11-9-7-2/h24-25,43-44H,6-23,26-42H2,1-5H3/b25-24+. The summed E-state index contributed by atoms with van der Waals surface area (Å²) in [5.41, 5.74) is 0. The van der Waals surface area contributed by atoms with Crippen molar-refractivity contribution in [3.63, 3.8) is 0 Å². The van der Waals surface area contributed by atoms with Crippen molar-refractivity contribution in [2.75, 3.05) is 41.0 Å². The van der Waals surface area contributed by atoms with Crippen LogP contribution in [0.5, 0.6) is 0 Å². The van der Waals surface area contributed by atoms with E-state index in [1.165, 1.54) is 148 Å². The lowest BCUT2D eigenvalue weighted by atomic mass is 10.0. The van der Waals surface area contributed by atoms with Gasteiger partial charge in [-0.05, 0) is 38.5 Å². The number of hydrogen-bond donors (Lipinski definition) is 0. The lowest BCUT2D eigenvalue weighted by Gasteiger charge is -2.34. The topological polar surface area (TPSA) is 102 Å². The van der Waals surface area contributed by atoms with Crippen molar-refractivity contribution in [1.29, 1.82) is 0 Å². The molecule has 0 radical (unpaired) electrons. The second-order valence-corrected chi connectivity index (χ2v) is 17.0. The number of rotatable bonds is 42. The van der Waals surface area contributed by atoms with Crippen molar-refractivity contribution in [2.24, 2.45) is 0 Å². The van der Waals surface area contributed by atoms with E-state index >= 15 is 0 Å². The van der Waals surface area contributed by atoms with E-state index in [4.69, 9.17) is 14.2 Å². The van der Waals surface area contributed by atoms with Gasteiger partial charge in [0.2, 0.25) is 0 Å². The Kier molecular flexibility index (Phi) is 37.6. The molecule has 0 aromatic carbocycles. The Morgan fingerprint density at radius 3 is 1.31 bits per heavy atom. The minimum absolute atomic E-state index is 0.0442. The van der Waals surface area contributed by atoms with Crippen molar-refractivity contribution >= 4 is 17.9 Å². The maximum atomic E-state index is 12.6. The molecule has 2 atom stereocenters. The number of aliphatic carboxylic acids is 1. The second kappa shape index (κ2) is 38.9. The lowest BCUT2D eigenvalue weighted by Crippen LogP contribution is -2.55. The number of carboxylic acid groups (broad SMARTS) is 1. The van der Waals surface area contributed by atoms with E-state index in [-0.39, 0.29) is 42.7 Å². The van der Waals surface area contributed by atoms with E-state index in [1.54, 1.807) is 21.1 Å². The molecule has 0 aromatic rings. The van der Waals surface area contributed by atoms with Crippen LogP contribution in [0.3, 0.4) is 0 Å². The average molecular weight is 780 g/mol. The third kappa shape index (κ3) is 37.4. The zero-order valence-corrected chi connectivity index (χ0v) is 36.9. The highest BCUT2D eigenvalue weighted by molar-refractivity contribution is 5.70. The van der Waals surface area contributed by atoms with Crippen molar-refractivity contribution in [2.45, 2.75) is 231 Å². The van der Waals surface area contributed by atoms with Crippen LogP contribution in [0.2, 0.25) is 0 Å². The van der Waals surface area contributed by atoms with Crippen molar-refractivity contribution in [3.05, 3.63) is 12.2 Å². The van der Waals surface area contributed by atoms with Crippen LogP contribution in [0.4, 0.5) is 0 Å². The number of esters is 2. The summed E-state index contributed by atoms with van der Waals surface area (Å²) in [6.07, 6.45) is 41.1. The van der Waals surface area contributed by atoms with E-state index in [2.05, 4.69) is 26.0 Å². The molecule has 0 heterocycles. The Morgan fingerprint density at radius 2 is 0.909 bits per heavy atom. The van der Waals surface area contributed by atoms with Crippen molar-refractivity contribution < 1.29 is 38.2 Å². The number of hydrogen-bond acceptors (Lipinski definition) is 7. The van der Waals surface area contributed by atoms with Crippen LogP contribution in [-0.4, -0.2) is 75.5 Å². The number of ether oxygens (including phenoxy) is 3. The molecule has 0 fully saturated rings. The van der Waals surface area contributed by atoms with E-state index in [0.29, 0.717) is 12.8 Å². The van der Waals surface area contributed by atoms with Gasteiger partial charge in [-0.3, -0.25) is 9.59 Å². The van der Waals surface area contributed by atoms with Gasteiger partial charge in [0.1, 0.15) is 12.6 Å². The molecule has 0 bridgehead atoms. The summed E-state index contributed by atoms with van der Waals surface area (Å²) in [7, 11) is 5.41. The summed E-state index contributed by atoms with van der Waals surface area (Å²) in [6, 6.07) is -0.721. The van der Waals surface area contributed by atoms with E-state index in [1.807, 2.05) is 0 Å². The summed E-state index contributed by atoms with van der Waals surface area (Å²) in [5, 5.41) is 11.6. The molecular formula is C47H89NO7. The summed E-state index contributed by atoms with van der Waals surface area (Å²) in [4.78, 5) is 36.7. The first kappa shape index (κ1) is 53.1. The van der Waals surface area contributed by atoms with E-state index in [9.17, 15) is 19.5 Å². The van der Waals surface area contributed by atoms with Gasteiger partial charge in [-0.1, -0.05) is 174 Å². The Balaban J connectivity index is 4.10. The van der Waals surface area contributed by atoms with Crippen LogP contribution in [0.1, 0.15) is 219 Å². The third-order valence-electron chi connectivity index (χ3n) is 10.7. The predicted molar refractivity (Wildman–Crippen MR) is 227 cm³/mol. The molecule has 0 amide bonds. The number of nitrogens with zero attached hydrogens (tertiary/aromatic N) is 1. The third-order valence-corrected chi connectivity index (χ3v) is 10.7. The van der Waals surface area contributed by atoms with E-state index < -0.39 is 18.1 Å². The maximum Gasteiger partial charge on any atom is 0.306 e. The van der Waals surface area contributed by atoms with Gasteiger partial charge in [-0.2, -0.15) is 0 Å². The highest BCUT2D eigenvalue weighted by Gasteiger charge is 2.25. The van der Waals surface area contributed by atoms with Gasteiger partial charge in [0.15, 0.2) is 6.10 Å². The molecule has 55 heavy (non-hydrogen) atoms. The largest absolute Gasteiger partial charge is 0.544 e. The summed E-state index contributed by atoms with van der Waals surface area (Å²) in [6.45, 7) is 4.65. The number of carboxylic acids is 1. The molecule has 0 spiro atoms. The van der Waals surface area contributed by atoms with Gasteiger partial charge in [0, 0.05) is 19.3 Å². The van der Waals surface area contributed by atoms with Crippen LogP contribution in [0.25, 0.3) is 0 Å². The molecular weight excluding hydrogens is 691 g/mol. The van der Waals surface area contributed by atoms with Crippen LogP contribution in [-0.2, 0) is 28.6 Å². The fraction of sp³-hybridized carbons (Fsp3) is 0.894. The molecule has 0 N–H and O–H groups in total. The van der Waals surface area contributed by atoms with Gasteiger partial charge < -0.3 is 28.6 Å². The van der Waals surface area contributed by atoms with Crippen LogP contribution in [0.15, 0.2) is 12.2 Å². The maximum absolute atomic E-state index is 12.6. The molecule has 0 aliphatic heterocycles. The fourth-order valence-electron chi connectivity index (χ4n) is 7.01. The highest BCUT2D eigenvalue weighted by atomic mass is 16.6. The molecule has 0 saturated heterocycles. The molecule has 0 aliphatic rings. The molecule has 8 heteroatoms. The number of allylic oxidation sites excluding steroid dienone is 2. The Hall–Kier alpha value is -1.93. The molecule has 324 valence electrons. The van der Waals surface area contributed by atoms with Crippen molar-refractivity contribution in [1.82, 2.24) is 0 Å². The van der Waals surface area contributed by atoms with E-state index in [0.717, 1.165) is 38.5 Å². The van der Waals surface area contributed by atoms with Crippen LogP contribution < -0.4 is 5.11 Å². The molecule has 0 aromatic heterocycles. The predicted octanol–water partition coefficient (Wildman–Crippen LogP) is 11.4. The lowest BCUT2D eigenvalue weighted by molar-refractivity contribution is -0.889. The van der Waals surface area contributed by atoms with Gasteiger partial charge in [0.25, 0.3) is 0 Å². The number of carbonyl (C=O) groups excluding carboxylic acids is 3. The Labute approximate surface area is 339 Å².